The first kappa shape index (κ1) is 19.5. The second-order valence-corrected chi connectivity index (χ2v) is 5.09. The van der Waals surface area contributed by atoms with Gasteiger partial charge in [-0.25, -0.2) is 13.6 Å². The Bertz CT molecular complexity index is 574. The highest BCUT2D eigenvalue weighted by atomic mass is 19.3. The minimum Gasteiger partial charge on any atom is -0.497 e. The van der Waals surface area contributed by atoms with Gasteiger partial charge in [0.1, 0.15) is 11.8 Å². The Kier molecular flexibility index (Phi) is 7.81. The van der Waals surface area contributed by atoms with Crippen molar-refractivity contribution in [1.82, 2.24) is 5.32 Å². The van der Waals surface area contributed by atoms with E-state index in [2.05, 4.69) is 0 Å². The summed E-state index contributed by atoms with van der Waals surface area (Å²) in [5.41, 5.74) is 0.470. The molecular formula is C16H19F2NO5. The first-order valence-electron chi connectivity index (χ1n) is 7.31. The number of carboxylic acid groups (broad SMARTS) is 1. The minimum atomic E-state index is -2.83. The zero-order valence-electron chi connectivity index (χ0n) is 13.1. The number of carboxylic acids is 1. The molecule has 1 aromatic rings. The average molecular weight is 343 g/mol. The molecule has 0 aliphatic rings. The quantitative estimate of drug-likeness (QED) is 0.636. The monoisotopic (exact) mass is 343 g/mol. The fourth-order valence-corrected chi connectivity index (χ4v) is 2.00. The highest BCUT2D eigenvalue weighted by Gasteiger charge is 2.23. The van der Waals surface area contributed by atoms with Gasteiger partial charge in [-0.2, -0.15) is 0 Å². The van der Waals surface area contributed by atoms with Crippen LogP contribution in [0.1, 0.15) is 36.0 Å². The number of halogens is 2. The van der Waals surface area contributed by atoms with E-state index in [1.54, 1.807) is 24.3 Å². The van der Waals surface area contributed by atoms with Crippen molar-refractivity contribution in [3.63, 3.8) is 0 Å². The van der Waals surface area contributed by atoms with Crippen LogP contribution in [0.15, 0.2) is 24.3 Å². The summed E-state index contributed by atoms with van der Waals surface area (Å²) in [6, 6.07) is 4.85. The number of ether oxygens (including phenoxy) is 1. The molecule has 0 aliphatic carbocycles. The number of Topliss-reactive ketones (excluding diaryl/α,β-unsaturated/α-hetero) is 1. The summed E-state index contributed by atoms with van der Waals surface area (Å²) in [4.78, 5) is 34.3. The molecular weight excluding hydrogens is 324 g/mol. The maximum Gasteiger partial charge on any atom is 0.326 e. The number of rotatable bonds is 10. The molecule has 1 unspecified atom stereocenters. The predicted octanol–water partition coefficient (Wildman–Crippen LogP) is 2.27. The number of amides is 1. The van der Waals surface area contributed by atoms with Crippen LogP contribution in [0, 0.1) is 0 Å². The minimum absolute atomic E-state index is 0.0896. The maximum absolute atomic E-state index is 12.2. The van der Waals surface area contributed by atoms with Crippen molar-refractivity contribution < 1.29 is 33.0 Å². The summed E-state index contributed by atoms with van der Waals surface area (Å²) in [6.07, 6.45) is -3.62. The zero-order chi connectivity index (χ0) is 18.1. The molecule has 0 aromatic heterocycles. The van der Waals surface area contributed by atoms with Gasteiger partial charge in [0, 0.05) is 24.8 Å². The molecule has 132 valence electrons. The van der Waals surface area contributed by atoms with E-state index in [1.807, 2.05) is 5.32 Å². The lowest BCUT2D eigenvalue weighted by Gasteiger charge is -2.13. The molecule has 0 aliphatic heterocycles. The Labute approximate surface area is 137 Å². The fraction of sp³-hybridized carbons (Fsp3) is 0.438. The van der Waals surface area contributed by atoms with Crippen molar-refractivity contribution >= 4 is 17.7 Å². The van der Waals surface area contributed by atoms with Gasteiger partial charge in [-0.05, 0) is 30.7 Å². The van der Waals surface area contributed by atoms with Crippen molar-refractivity contribution in [2.75, 3.05) is 7.11 Å². The van der Waals surface area contributed by atoms with E-state index in [0.29, 0.717) is 11.3 Å². The van der Waals surface area contributed by atoms with Crippen LogP contribution in [0.3, 0.4) is 0 Å². The van der Waals surface area contributed by atoms with Crippen molar-refractivity contribution in [1.29, 1.82) is 0 Å². The Morgan fingerprint density at radius 2 is 1.79 bits per heavy atom. The number of nitrogens with one attached hydrogen (secondary N) is 1. The third-order valence-corrected chi connectivity index (χ3v) is 3.27. The Hall–Kier alpha value is -2.51. The molecule has 6 nitrogen and oxygen atoms in total. The molecule has 0 radical (unpaired) electrons. The van der Waals surface area contributed by atoms with Crippen LogP contribution >= 0.6 is 0 Å². The van der Waals surface area contributed by atoms with Gasteiger partial charge in [0.15, 0.2) is 5.78 Å². The van der Waals surface area contributed by atoms with Crippen LogP contribution in [0.25, 0.3) is 0 Å². The molecule has 0 bridgehead atoms. The summed E-state index contributed by atoms with van der Waals surface area (Å²) >= 11 is 0. The normalized spacial score (nSPS) is 11.8. The predicted molar refractivity (Wildman–Crippen MR) is 81.4 cm³/mol. The topological polar surface area (TPSA) is 92.7 Å². The van der Waals surface area contributed by atoms with Gasteiger partial charge in [-0.3, -0.25) is 9.59 Å². The van der Waals surface area contributed by atoms with Gasteiger partial charge < -0.3 is 15.2 Å². The number of aliphatic carboxylic acids is 1. The molecule has 2 N–H and O–H groups in total. The van der Waals surface area contributed by atoms with E-state index < -0.39 is 30.8 Å². The summed E-state index contributed by atoms with van der Waals surface area (Å²) in [5, 5.41) is 10.8. The SMILES string of the molecule is COc1ccc(C(=O)CCCC(=O)NC(CC(F)F)C(=O)O)cc1. The lowest BCUT2D eigenvalue weighted by Crippen LogP contribution is -2.41. The molecule has 8 heteroatoms. The summed E-state index contributed by atoms with van der Waals surface area (Å²) in [5.74, 6) is -1.75. The summed E-state index contributed by atoms with van der Waals surface area (Å²) in [7, 11) is 1.51. The number of benzene rings is 1. The van der Waals surface area contributed by atoms with Crippen LogP contribution in [0.4, 0.5) is 8.78 Å². The van der Waals surface area contributed by atoms with Crippen LogP contribution in [0.5, 0.6) is 5.75 Å². The van der Waals surface area contributed by atoms with Crippen molar-refractivity contribution in [2.45, 2.75) is 38.2 Å². The van der Waals surface area contributed by atoms with Crippen molar-refractivity contribution in [3.05, 3.63) is 29.8 Å². The molecule has 0 fully saturated rings. The Balaban J connectivity index is 2.40. The number of methoxy groups -OCH3 is 1. The van der Waals surface area contributed by atoms with Gasteiger partial charge in [-0.1, -0.05) is 0 Å². The number of carbonyl (C=O) groups excluding carboxylic acids is 2. The van der Waals surface area contributed by atoms with E-state index in [4.69, 9.17) is 9.84 Å². The van der Waals surface area contributed by atoms with Crippen LogP contribution in [-0.4, -0.2) is 42.3 Å². The first-order chi connectivity index (χ1) is 11.3. The molecule has 0 saturated carbocycles. The van der Waals surface area contributed by atoms with Gasteiger partial charge >= 0.3 is 5.97 Å². The van der Waals surface area contributed by atoms with Crippen LogP contribution in [0.2, 0.25) is 0 Å². The smallest absolute Gasteiger partial charge is 0.326 e. The molecule has 1 amide bonds. The summed E-state index contributed by atoms with van der Waals surface area (Å²) < 4.78 is 29.4. The van der Waals surface area contributed by atoms with E-state index in [0.717, 1.165) is 0 Å². The summed E-state index contributed by atoms with van der Waals surface area (Å²) in [6.45, 7) is 0. The molecule has 0 spiro atoms. The highest BCUT2D eigenvalue weighted by Crippen LogP contribution is 2.14. The molecule has 24 heavy (non-hydrogen) atoms. The Morgan fingerprint density at radius 1 is 1.17 bits per heavy atom. The standard InChI is InChI=1S/C16H19F2NO5/c1-24-11-7-5-10(6-8-11)13(20)3-2-4-15(21)19-12(16(22)23)9-14(17)18/h5-8,12,14H,2-4,9H2,1H3,(H,19,21)(H,22,23). The van der Waals surface area contributed by atoms with E-state index in [-0.39, 0.29) is 25.0 Å². The second-order valence-electron chi connectivity index (χ2n) is 5.09. The van der Waals surface area contributed by atoms with Crippen LogP contribution < -0.4 is 10.1 Å². The zero-order valence-corrected chi connectivity index (χ0v) is 13.1. The average Bonchev–Trinajstić information content (AvgIpc) is 2.53. The molecule has 1 rings (SSSR count). The first-order valence-corrected chi connectivity index (χ1v) is 7.31. The molecule has 1 aromatic carbocycles. The number of carbonyl (C=O) groups is 3. The van der Waals surface area contributed by atoms with E-state index in [9.17, 15) is 23.2 Å². The third kappa shape index (κ3) is 6.72. The third-order valence-electron chi connectivity index (χ3n) is 3.27. The lowest BCUT2D eigenvalue weighted by molar-refractivity contribution is -0.143. The molecule has 0 saturated heterocycles. The number of hydrogen-bond donors (Lipinski definition) is 2. The molecule has 1 atom stereocenters. The number of ketones is 1. The lowest BCUT2D eigenvalue weighted by atomic mass is 10.0. The fourth-order valence-electron chi connectivity index (χ4n) is 2.00. The molecule has 0 heterocycles. The second kappa shape index (κ2) is 9.59. The Morgan fingerprint density at radius 3 is 2.29 bits per heavy atom. The van der Waals surface area contributed by atoms with E-state index in [1.165, 1.54) is 7.11 Å². The van der Waals surface area contributed by atoms with Crippen LogP contribution in [-0.2, 0) is 9.59 Å². The number of hydrogen-bond acceptors (Lipinski definition) is 4. The maximum atomic E-state index is 12.2. The number of alkyl halides is 2. The largest absolute Gasteiger partial charge is 0.497 e. The van der Waals surface area contributed by atoms with Crippen molar-refractivity contribution in [3.8, 4) is 5.75 Å². The van der Waals surface area contributed by atoms with Gasteiger partial charge in [0.05, 0.1) is 7.11 Å². The van der Waals surface area contributed by atoms with Crippen molar-refractivity contribution in [2.24, 2.45) is 0 Å². The van der Waals surface area contributed by atoms with E-state index >= 15 is 0 Å². The van der Waals surface area contributed by atoms with Gasteiger partial charge in [0.2, 0.25) is 12.3 Å². The van der Waals surface area contributed by atoms with Gasteiger partial charge in [0.25, 0.3) is 0 Å². The highest BCUT2D eigenvalue weighted by molar-refractivity contribution is 5.96. The van der Waals surface area contributed by atoms with Gasteiger partial charge in [-0.15, -0.1) is 0 Å².